The molecule has 0 radical (unpaired) electrons. The topological polar surface area (TPSA) is 32.8 Å². The van der Waals surface area contributed by atoms with Crippen LogP contribution < -0.4 is 9.64 Å². The van der Waals surface area contributed by atoms with E-state index >= 15 is 0 Å². The van der Waals surface area contributed by atoms with Crippen LogP contribution in [0.2, 0.25) is 0 Å². The van der Waals surface area contributed by atoms with Crippen molar-refractivity contribution in [2.75, 3.05) is 31.1 Å². The summed E-state index contributed by atoms with van der Waals surface area (Å²) in [4.78, 5) is 16.4. The Hall–Kier alpha value is -2.96. The Kier molecular flexibility index (Phi) is 5.92. The van der Waals surface area contributed by atoms with Gasteiger partial charge in [0, 0.05) is 37.9 Å². The van der Waals surface area contributed by atoms with E-state index in [2.05, 4.69) is 28.7 Å². The first kappa shape index (κ1) is 19.8. The number of hydrogen-bond acceptors (Lipinski definition) is 3. The van der Waals surface area contributed by atoms with Crippen molar-refractivity contribution in [3.63, 3.8) is 0 Å². The maximum atomic E-state index is 12.4. The first-order chi connectivity index (χ1) is 13.3. The lowest BCUT2D eigenvalue weighted by Gasteiger charge is -2.36. The number of alkyl halides is 3. The summed E-state index contributed by atoms with van der Waals surface area (Å²) in [6.45, 7) is 4.83. The second-order valence-electron chi connectivity index (χ2n) is 6.55. The van der Waals surface area contributed by atoms with Gasteiger partial charge in [-0.3, -0.25) is 4.79 Å². The molecule has 4 nitrogen and oxygen atoms in total. The molecule has 3 rings (SSSR count). The fourth-order valence-corrected chi connectivity index (χ4v) is 3.14. The molecule has 2 aromatic rings. The number of carbonyl (C=O) groups is 1. The normalized spacial score (nSPS) is 15.1. The molecule has 28 heavy (non-hydrogen) atoms. The van der Waals surface area contributed by atoms with Crippen LogP contribution in [0.25, 0.3) is 6.08 Å². The van der Waals surface area contributed by atoms with Crippen LogP contribution in [-0.4, -0.2) is 43.3 Å². The first-order valence-electron chi connectivity index (χ1n) is 8.95. The lowest BCUT2D eigenvalue weighted by molar-refractivity contribution is -0.274. The summed E-state index contributed by atoms with van der Waals surface area (Å²) >= 11 is 0. The quantitative estimate of drug-likeness (QED) is 0.732. The fourth-order valence-electron chi connectivity index (χ4n) is 3.14. The van der Waals surface area contributed by atoms with Crippen LogP contribution >= 0.6 is 0 Å². The van der Waals surface area contributed by atoms with Gasteiger partial charge in [-0.1, -0.05) is 30.3 Å². The molecule has 0 unspecified atom stereocenters. The van der Waals surface area contributed by atoms with Crippen LogP contribution in [0.15, 0.2) is 54.6 Å². The smallest absolute Gasteiger partial charge is 0.406 e. The summed E-state index contributed by atoms with van der Waals surface area (Å²) in [5.74, 6) is -0.400. The van der Waals surface area contributed by atoms with E-state index in [4.69, 9.17) is 0 Å². The van der Waals surface area contributed by atoms with Gasteiger partial charge in [0.05, 0.1) is 0 Å². The number of nitrogens with zero attached hydrogens (tertiary/aromatic N) is 2. The lowest BCUT2D eigenvalue weighted by Crippen LogP contribution is -2.48. The SMILES string of the molecule is Cc1ccccc1N1CCN(C(=O)/C=C/c2ccc(OC(F)(F)F)cc2)CC1. The minimum Gasteiger partial charge on any atom is -0.406 e. The molecule has 148 valence electrons. The van der Waals surface area contributed by atoms with Crippen molar-refractivity contribution in [1.29, 1.82) is 0 Å². The highest BCUT2D eigenvalue weighted by Gasteiger charge is 2.30. The molecule has 2 aromatic carbocycles. The number of piperazine rings is 1. The largest absolute Gasteiger partial charge is 0.573 e. The summed E-state index contributed by atoms with van der Waals surface area (Å²) in [5, 5.41) is 0. The van der Waals surface area contributed by atoms with Gasteiger partial charge in [-0.2, -0.15) is 0 Å². The van der Waals surface area contributed by atoms with E-state index in [9.17, 15) is 18.0 Å². The molecule has 1 aliphatic rings. The molecule has 0 spiro atoms. The molecule has 1 heterocycles. The zero-order valence-corrected chi connectivity index (χ0v) is 15.4. The van der Waals surface area contributed by atoms with Gasteiger partial charge in [0.1, 0.15) is 5.75 Å². The van der Waals surface area contributed by atoms with Gasteiger partial charge in [0.15, 0.2) is 0 Å². The van der Waals surface area contributed by atoms with E-state index in [1.165, 1.54) is 41.6 Å². The molecule has 1 amide bonds. The number of anilines is 1. The van der Waals surface area contributed by atoms with Crippen molar-refractivity contribution >= 4 is 17.7 Å². The maximum Gasteiger partial charge on any atom is 0.573 e. The number of aryl methyl sites for hydroxylation is 1. The molecule has 7 heteroatoms. The van der Waals surface area contributed by atoms with E-state index in [1.807, 2.05) is 12.1 Å². The second-order valence-corrected chi connectivity index (χ2v) is 6.55. The molecule has 0 bridgehead atoms. The Morgan fingerprint density at radius 3 is 2.25 bits per heavy atom. The zero-order valence-electron chi connectivity index (χ0n) is 15.4. The van der Waals surface area contributed by atoms with E-state index in [-0.39, 0.29) is 11.7 Å². The predicted octanol–water partition coefficient (Wildman–Crippen LogP) is 4.26. The number of rotatable bonds is 4. The second kappa shape index (κ2) is 8.37. The van der Waals surface area contributed by atoms with Crippen molar-refractivity contribution in [3.05, 3.63) is 65.7 Å². The van der Waals surface area contributed by atoms with E-state index < -0.39 is 6.36 Å². The minimum atomic E-state index is -4.71. The molecular formula is C21H21F3N2O2. The molecule has 0 saturated carbocycles. The maximum absolute atomic E-state index is 12.4. The third-order valence-electron chi connectivity index (χ3n) is 4.58. The number of carbonyl (C=O) groups excluding carboxylic acids is 1. The highest BCUT2D eigenvalue weighted by atomic mass is 19.4. The summed E-state index contributed by atoms with van der Waals surface area (Å²) in [5.41, 5.74) is 3.02. The van der Waals surface area contributed by atoms with Crippen LogP contribution in [0.5, 0.6) is 5.75 Å². The average molecular weight is 390 g/mol. The van der Waals surface area contributed by atoms with Gasteiger partial charge in [0.2, 0.25) is 5.91 Å². The van der Waals surface area contributed by atoms with E-state index in [0.717, 1.165) is 13.1 Å². The Labute approximate surface area is 161 Å². The molecular weight excluding hydrogens is 369 g/mol. The van der Waals surface area contributed by atoms with E-state index in [0.29, 0.717) is 18.7 Å². The highest BCUT2D eigenvalue weighted by Crippen LogP contribution is 2.23. The molecule has 1 aliphatic heterocycles. The number of hydrogen-bond donors (Lipinski definition) is 0. The summed E-state index contributed by atoms with van der Waals surface area (Å²) in [6, 6.07) is 13.6. The lowest BCUT2D eigenvalue weighted by atomic mass is 10.1. The van der Waals surface area contributed by atoms with E-state index in [1.54, 1.807) is 11.0 Å². The van der Waals surface area contributed by atoms with Gasteiger partial charge >= 0.3 is 6.36 Å². The van der Waals surface area contributed by atoms with Crippen molar-refractivity contribution in [2.24, 2.45) is 0 Å². The Bertz CT molecular complexity index is 839. The van der Waals surface area contributed by atoms with Crippen molar-refractivity contribution in [1.82, 2.24) is 4.90 Å². The third kappa shape index (κ3) is 5.28. The van der Waals surface area contributed by atoms with Gasteiger partial charge in [-0.05, 0) is 42.3 Å². The fraction of sp³-hybridized carbons (Fsp3) is 0.286. The monoisotopic (exact) mass is 390 g/mol. The van der Waals surface area contributed by atoms with Crippen LogP contribution in [0, 0.1) is 6.92 Å². The van der Waals surface area contributed by atoms with Crippen LogP contribution in [-0.2, 0) is 4.79 Å². The Morgan fingerprint density at radius 2 is 1.64 bits per heavy atom. The summed E-state index contributed by atoms with van der Waals surface area (Å²) in [7, 11) is 0. The highest BCUT2D eigenvalue weighted by molar-refractivity contribution is 5.92. The average Bonchev–Trinajstić information content (AvgIpc) is 2.66. The molecule has 0 N–H and O–H groups in total. The van der Waals surface area contributed by atoms with Gasteiger partial charge in [-0.15, -0.1) is 13.2 Å². The van der Waals surface area contributed by atoms with Gasteiger partial charge in [0.25, 0.3) is 0 Å². The number of ether oxygens (including phenoxy) is 1. The van der Waals surface area contributed by atoms with Crippen molar-refractivity contribution < 1.29 is 22.7 Å². The number of halogens is 3. The van der Waals surface area contributed by atoms with Gasteiger partial charge in [-0.25, -0.2) is 0 Å². The predicted molar refractivity (Wildman–Crippen MR) is 102 cm³/mol. The van der Waals surface area contributed by atoms with Crippen LogP contribution in [0.1, 0.15) is 11.1 Å². The number of para-hydroxylation sites is 1. The standard InChI is InChI=1S/C21H21F3N2O2/c1-16-4-2-3-5-19(16)25-12-14-26(15-13-25)20(27)11-8-17-6-9-18(10-7-17)28-21(22,23)24/h2-11H,12-15H2,1H3/b11-8+. The molecule has 1 fully saturated rings. The summed E-state index contributed by atoms with van der Waals surface area (Å²) in [6.07, 6.45) is -1.68. The molecule has 0 aromatic heterocycles. The van der Waals surface area contributed by atoms with Crippen molar-refractivity contribution in [3.8, 4) is 5.75 Å². The van der Waals surface area contributed by atoms with Crippen molar-refractivity contribution in [2.45, 2.75) is 13.3 Å². The Balaban J connectivity index is 1.53. The first-order valence-corrected chi connectivity index (χ1v) is 8.95. The molecule has 0 atom stereocenters. The zero-order chi connectivity index (χ0) is 20.1. The molecule has 1 saturated heterocycles. The Morgan fingerprint density at radius 1 is 1.00 bits per heavy atom. The van der Waals surface area contributed by atoms with Gasteiger partial charge < -0.3 is 14.5 Å². The number of benzene rings is 2. The minimum absolute atomic E-state index is 0.111. The molecule has 0 aliphatic carbocycles. The third-order valence-corrected chi connectivity index (χ3v) is 4.58. The summed E-state index contributed by atoms with van der Waals surface area (Å²) < 4.78 is 40.3. The van der Waals surface area contributed by atoms with Crippen LogP contribution in [0.3, 0.4) is 0 Å². The van der Waals surface area contributed by atoms with Crippen LogP contribution in [0.4, 0.5) is 18.9 Å². The number of amides is 1.